The van der Waals surface area contributed by atoms with Crippen LogP contribution in [0.1, 0.15) is 99.3 Å². The quantitative estimate of drug-likeness (QED) is 0.433. The molecule has 3 rings (SSSR count). The summed E-state index contributed by atoms with van der Waals surface area (Å²) in [5.41, 5.74) is 1.56. The second-order valence-corrected chi connectivity index (χ2v) is 12.4. The highest BCUT2D eigenvalue weighted by atomic mass is 16.3. The summed E-state index contributed by atoms with van der Waals surface area (Å²) in [5.74, 6) is 3.91. The van der Waals surface area contributed by atoms with Gasteiger partial charge in [0.25, 0.3) is 0 Å². The number of allylic oxidation sites excluding steroid dienone is 1. The van der Waals surface area contributed by atoms with Crippen molar-refractivity contribution in [1.29, 1.82) is 0 Å². The lowest BCUT2D eigenvalue weighted by molar-refractivity contribution is -0.0856. The molecule has 0 aromatic rings. The lowest BCUT2D eigenvalue weighted by Gasteiger charge is -2.54. The second-order valence-electron chi connectivity index (χ2n) is 12.4. The fraction of sp³-hybridized carbons (Fsp3) is 0.929. The van der Waals surface area contributed by atoms with Crippen LogP contribution in [0.2, 0.25) is 0 Å². The second kappa shape index (κ2) is 9.85. The summed E-state index contributed by atoms with van der Waals surface area (Å²) >= 11 is 0. The van der Waals surface area contributed by atoms with Crippen molar-refractivity contribution >= 4 is 0 Å². The molecule has 0 amide bonds. The third-order valence-electron chi connectivity index (χ3n) is 10.5. The van der Waals surface area contributed by atoms with Gasteiger partial charge in [-0.25, -0.2) is 0 Å². The van der Waals surface area contributed by atoms with Crippen molar-refractivity contribution in [1.82, 2.24) is 0 Å². The van der Waals surface area contributed by atoms with Crippen LogP contribution in [-0.4, -0.2) is 34.1 Å². The maximum Gasteiger partial charge on any atom is 0.0624 e. The van der Waals surface area contributed by atoms with Gasteiger partial charge in [0.1, 0.15) is 0 Å². The zero-order valence-corrected chi connectivity index (χ0v) is 21.1. The molecular formula is C28H50O3. The largest absolute Gasteiger partial charge is 0.393 e. The fourth-order valence-corrected chi connectivity index (χ4v) is 7.83. The van der Waals surface area contributed by atoms with Crippen molar-refractivity contribution < 1.29 is 15.3 Å². The zero-order valence-electron chi connectivity index (χ0n) is 21.1. The first-order chi connectivity index (χ1) is 14.5. The van der Waals surface area contributed by atoms with Gasteiger partial charge >= 0.3 is 0 Å². The predicted molar refractivity (Wildman–Crippen MR) is 129 cm³/mol. The molecule has 2 unspecified atom stereocenters. The van der Waals surface area contributed by atoms with Gasteiger partial charge in [0, 0.05) is 5.41 Å². The SMILES string of the molecule is CC(C)[C@@H](C)CC[C@@H](C)[C@H]1CCC2/C(=C/CO)C([C@@]3(C)CC[C@H](O)C[C@@H]3O)CC[C@@]21C. The average molecular weight is 435 g/mol. The van der Waals surface area contributed by atoms with E-state index in [4.69, 9.17) is 0 Å². The Morgan fingerprint density at radius 2 is 1.55 bits per heavy atom. The summed E-state index contributed by atoms with van der Waals surface area (Å²) in [6.07, 6.45) is 10.9. The number of fused-ring (bicyclic) bond motifs is 1. The lowest BCUT2D eigenvalue weighted by Crippen LogP contribution is -2.50. The van der Waals surface area contributed by atoms with Crippen LogP contribution in [0.3, 0.4) is 0 Å². The van der Waals surface area contributed by atoms with E-state index in [1.54, 1.807) is 0 Å². The van der Waals surface area contributed by atoms with Crippen LogP contribution in [0, 0.1) is 46.3 Å². The summed E-state index contributed by atoms with van der Waals surface area (Å²) in [6, 6.07) is 0. The zero-order chi connectivity index (χ0) is 23.0. The third kappa shape index (κ3) is 4.80. The van der Waals surface area contributed by atoms with Gasteiger partial charge in [-0.05, 0) is 85.9 Å². The van der Waals surface area contributed by atoms with Gasteiger partial charge in [-0.2, -0.15) is 0 Å². The molecule has 3 saturated carbocycles. The van der Waals surface area contributed by atoms with E-state index in [1.807, 2.05) is 0 Å². The molecule has 0 aliphatic heterocycles. The Balaban J connectivity index is 1.79. The molecule has 3 nitrogen and oxygen atoms in total. The molecule has 3 N–H and O–H groups in total. The highest BCUT2D eigenvalue weighted by Gasteiger charge is 2.56. The molecule has 0 bridgehead atoms. The van der Waals surface area contributed by atoms with E-state index in [0.29, 0.717) is 23.7 Å². The molecule has 31 heavy (non-hydrogen) atoms. The average Bonchev–Trinajstić information content (AvgIpc) is 3.07. The molecule has 0 aromatic carbocycles. The smallest absolute Gasteiger partial charge is 0.0624 e. The van der Waals surface area contributed by atoms with Crippen LogP contribution in [-0.2, 0) is 0 Å². The summed E-state index contributed by atoms with van der Waals surface area (Å²) in [7, 11) is 0. The van der Waals surface area contributed by atoms with Crippen molar-refractivity contribution in [2.75, 3.05) is 6.61 Å². The standard InChI is InChI=1S/C28H50O3/c1-18(2)19(3)7-8-20(4)23-9-10-24-22(13-16-29)25(12-15-27(23,24)5)28(6)14-11-21(30)17-26(28)31/h13,18-21,23-26,29-31H,7-12,14-17H2,1-6H3/b22-13-/t19-,20+,21-,23+,24?,25?,26-,27+,28+/m0/s1. The van der Waals surface area contributed by atoms with Crippen molar-refractivity contribution in [3.8, 4) is 0 Å². The first kappa shape index (κ1) is 25.2. The van der Waals surface area contributed by atoms with E-state index in [9.17, 15) is 15.3 Å². The van der Waals surface area contributed by atoms with Gasteiger partial charge in [0.15, 0.2) is 0 Å². The number of hydrogen-bond acceptors (Lipinski definition) is 3. The molecule has 3 fully saturated rings. The first-order valence-corrected chi connectivity index (χ1v) is 13.2. The number of aliphatic hydroxyl groups excluding tert-OH is 3. The Kier molecular flexibility index (Phi) is 8.03. The number of aliphatic hydroxyl groups is 3. The summed E-state index contributed by atoms with van der Waals surface area (Å²) in [5, 5.41) is 31.0. The van der Waals surface area contributed by atoms with Crippen LogP contribution < -0.4 is 0 Å². The van der Waals surface area contributed by atoms with Crippen LogP contribution in [0.25, 0.3) is 0 Å². The first-order valence-electron chi connectivity index (χ1n) is 13.2. The monoisotopic (exact) mass is 434 g/mol. The topological polar surface area (TPSA) is 60.7 Å². The van der Waals surface area contributed by atoms with Crippen molar-refractivity contribution in [2.24, 2.45) is 46.3 Å². The molecule has 180 valence electrons. The molecular weight excluding hydrogens is 384 g/mol. The minimum atomic E-state index is -0.457. The summed E-state index contributed by atoms with van der Waals surface area (Å²) < 4.78 is 0. The molecule has 0 radical (unpaired) electrons. The van der Waals surface area contributed by atoms with E-state index in [2.05, 4.69) is 47.6 Å². The third-order valence-corrected chi connectivity index (χ3v) is 10.5. The highest BCUT2D eigenvalue weighted by molar-refractivity contribution is 5.25. The lowest BCUT2D eigenvalue weighted by atomic mass is 9.51. The van der Waals surface area contributed by atoms with E-state index in [1.165, 1.54) is 37.7 Å². The minimum Gasteiger partial charge on any atom is -0.393 e. The van der Waals surface area contributed by atoms with Gasteiger partial charge < -0.3 is 15.3 Å². The number of rotatable bonds is 7. The maximum atomic E-state index is 11.0. The maximum absolute atomic E-state index is 11.0. The molecule has 0 aromatic heterocycles. The van der Waals surface area contributed by atoms with E-state index in [-0.39, 0.29) is 18.1 Å². The molecule has 0 heterocycles. The van der Waals surface area contributed by atoms with Crippen molar-refractivity contribution in [2.45, 2.75) is 112 Å². The van der Waals surface area contributed by atoms with Gasteiger partial charge in [0.05, 0.1) is 18.8 Å². The van der Waals surface area contributed by atoms with Gasteiger partial charge in [-0.15, -0.1) is 0 Å². The van der Waals surface area contributed by atoms with Crippen LogP contribution >= 0.6 is 0 Å². The number of hydrogen-bond donors (Lipinski definition) is 3. The normalized spacial score (nSPS) is 44.5. The highest BCUT2D eigenvalue weighted by Crippen LogP contribution is 2.64. The molecule has 9 atom stereocenters. The molecule has 3 heteroatoms. The fourth-order valence-electron chi connectivity index (χ4n) is 7.83. The van der Waals surface area contributed by atoms with E-state index in [0.717, 1.165) is 42.9 Å². The molecule has 0 spiro atoms. The van der Waals surface area contributed by atoms with Crippen LogP contribution in [0.5, 0.6) is 0 Å². The van der Waals surface area contributed by atoms with E-state index < -0.39 is 6.10 Å². The van der Waals surface area contributed by atoms with Crippen LogP contribution in [0.4, 0.5) is 0 Å². The van der Waals surface area contributed by atoms with E-state index >= 15 is 0 Å². The summed E-state index contributed by atoms with van der Waals surface area (Å²) in [6.45, 7) is 14.4. The molecule has 3 aliphatic carbocycles. The van der Waals surface area contributed by atoms with Gasteiger partial charge in [-0.3, -0.25) is 0 Å². The van der Waals surface area contributed by atoms with Crippen molar-refractivity contribution in [3.05, 3.63) is 11.6 Å². The Hall–Kier alpha value is -0.380. The molecule has 0 saturated heterocycles. The Morgan fingerprint density at radius 1 is 0.903 bits per heavy atom. The predicted octanol–water partition coefficient (Wildman–Crippen LogP) is 5.97. The van der Waals surface area contributed by atoms with Gasteiger partial charge in [-0.1, -0.05) is 66.0 Å². The summed E-state index contributed by atoms with van der Waals surface area (Å²) in [4.78, 5) is 0. The van der Waals surface area contributed by atoms with Gasteiger partial charge in [0.2, 0.25) is 0 Å². The minimum absolute atomic E-state index is 0.0966. The molecule has 3 aliphatic rings. The van der Waals surface area contributed by atoms with Crippen LogP contribution in [0.15, 0.2) is 11.6 Å². The van der Waals surface area contributed by atoms with Crippen molar-refractivity contribution in [3.63, 3.8) is 0 Å². The Bertz CT molecular complexity index is 628. The Labute approximate surface area is 191 Å². The Morgan fingerprint density at radius 3 is 2.16 bits per heavy atom.